The van der Waals surface area contributed by atoms with Crippen LogP contribution in [0.1, 0.15) is 11.1 Å². The summed E-state index contributed by atoms with van der Waals surface area (Å²) in [6.45, 7) is 1.81. The fourth-order valence-electron chi connectivity index (χ4n) is 2.44. The molecule has 27 heavy (non-hydrogen) atoms. The number of methoxy groups -OCH3 is 3. The third-order valence-electron chi connectivity index (χ3n) is 3.86. The SMILES string of the molecule is COc1cc(OC)c(OC)cc1/C=C(\C#N)C(=O)Nc1c(C)cccc1Cl. The van der Waals surface area contributed by atoms with Gasteiger partial charge in [-0.25, -0.2) is 0 Å². The Bertz CT molecular complexity index is 912. The molecule has 1 amide bonds. The summed E-state index contributed by atoms with van der Waals surface area (Å²) in [5.74, 6) is 0.776. The van der Waals surface area contributed by atoms with Gasteiger partial charge in [-0.1, -0.05) is 23.7 Å². The molecular formula is C20H19ClN2O4. The molecule has 1 N–H and O–H groups in total. The minimum Gasteiger partial charge on any atom is -0.496 e. The molecule has 0 aromatic heterocycles. The summed E-state index contributed by atoms with van der Waals surface area (Å²) in [6, 6.07) is 10.4. The van der Waals surface area contributed by atoms with E-state index in [1.54, 1.807) is 24.3 Å². The van der Waals surface area contributed by atoms with E-state index < -0.39 is 5.91 Å². The lowest BCUT2D eigenvalue weighted by Crippen LogP contribution is -2.14. The van der Waals surface area contributed by atoms with Crippen molar-refractivity contribution in [3.05, 3.63) is 52.1 Å². The molecule has 2 aromatic rings. The van der Waals surface area contributed by atoms with Crippen molar-refractivity contribution in [3.63, 3.8) is 0 Å². The van der Waals surface area contributed by atoms with Crippen molar-refractivity contribution in [3.8, 4) is 23.3 Å². The number of anilines is 1. The fraction of sp³-hybridized carbons (Fsp3) is 0.200. The van der Waals surface area contributed by atoms with Gasteiger partial charge in [0.1, 0.15) is 17.4 Å². The van der Waals surface area contributed by atoms with Crippen LogP contribution in [0.3, 0.4) is 0 Å². The standard InChI is InChI=1S/C20H19ClN2O4/c1-12-6-5-7-15(21)19(12)23-20(24)14(11-22)8-13-9-17(26-3)18(27-4)10-16(13)25-2/h5-10H,1-4H3,(H,23,24)/b14-8+. The van der Waals surface area contributed by atoms with Crippen LogP contribution < -0.4 is 19.5 Å². The molecule has 6 nitrogen and oxygen atoms in total. The first-order valence-corrected chi connectivity index (χ1v) is 8.31. The Balaban J connectivity index is 2.43. The molecule has 2 aromatic carbocycles. The first kappa shape index (κ1) is 20.1. The van der Waals surface area contributed by atoms with Crippen molar-refractivity contribution in [2.75, 3.05) is 26.6 Å². The summed E-state index contributed by atoms with van der Waals surface area (Å²) in [6.07, 6.45) is 1.42. The van der Waals surface area contributed by atoms with Gasteiger partial charge in [-0.2, -0.15) is 5.26 Å². The van der Waals surface area contributed by atoms with E-state index in [9.17, 15) is 10.1 Å². The van der Waals surface area contributed by atoms with Gasteiger partial charge in [0, 0.05) is 11.6 Å². The maximum atomic E-state index is 12.6. The van der Waals surface area contributed by atoms with Crippen LogP contribution in [0.4, 0.5) is 5.69 Å². The van der Waals surface area contributed by atoms with Gasteiger partial charge >= 0.3 is 0 Å². The number of benzene rings is 2. The zero-order valence-corrected chi connectivity index (χ0v) is 16.2. The minimum atomic E-state index is -0.578. The predicted molar refractivity (Wildman–Crippen MR) is 105 cm³/mol. The number of para-hydroxylation sites is 1. The number of carbonyl (C=O) groups is 1. The Kier molecular flexibility index (Phi) is 6.69. The number of aryl methyl sites for hydroxylation is 1. The normalized spacial score (nSPS) is 10.7. The van der Waals surface area contributed by atoms with Crippen molar-refractivity contribution in [2.45, 2.75) is 6.92 Å². The monoisotopic (exact) mass is 386 g/mol. The zero-order valence-electron chi connectivity index (χ0n) is 15.4. The second-order valence-electron chi connectivity index (χ2n) is 5.50. The Morgan fingerprint density at radius 1 is 1.11 bits per heavy atom. The summed E-state index contributed by atoms with van der Waals surface area (Å²) < 4.78 is 15.8. The van der Waals surface area contributed by atoms with E-state index in [1.807, 2.05) is 19.1 Å². The predicted octanol–water partition coefficient (Wildman–Crippen LogP) is 4.22. The van der Waals surface area contributed by atoms with E-state index in [2.05, 4.69) is 5.32 Å². The summed E-state index contributed by atoms with van der Waals surface area (Å²) in [5, 5.41) is 12.5. The highest BCUT2D eigenvalue weighted by molar-refractivity contribution is 6.34. The van der Waals surface area contributed by atoms with Gasteiger partial charge in [-0.15, -0.1) is 0 Å². The first-order chi connectivity index (χ1) is 12.9. The Morgan fingerprint density at radius 3 is 2.30 bits per heavy atom. The molecule has 0 aliphatic carbocycles. The van der Waals surface area contributed by atoms with Crippen LogP contribution in [-0.4, -0.2) is 27.2 Å². The van der Waals surface area contributed by atoms with E-state index >= 15 is 0 Å². The molecule has 0 fully saturated rings. The van der Waals surface area contributed by atoms with Crippen LogP contribution >= 0.6 is 11.6 Å². The maximum Gasteiger partial charge on any atom is 0.266 e. The molecule has 2 rings (SSSR count). The summed E-state index contributed by atoms with van der Waals surface area (Å²) in [4.78, 5) is 12.6. The van der Waals surface area contributed by atoms with Crippen LogP contribution in [0.25, 0.3) is 6.08 Å². The molecule has 0 heterocycles. The van der Waals surface area contributed by atoms with Crippen LogP contribution in [-0.2, 0) is 4.79 Å². The molecule has 0 radical (unpaired) electrons. The van der Waals surface area contributed by atoms with Crippen LogP contribution in [0.5, 0.6) is 17.2 Å². The first-order valence-electron chi connectivity index (χ1n) is 7.93. The zero-order chi connectivity index (χ0) is 20.0. The fourth-order valence-corrected chi connectivity index (χ4v) is 2.71. The van der Waals surface area contributed by atoms with E-state index in [4.69, 9.17) is 25.8 Å². The highest BCUT2D eigenvalue weighted by atomic mass is 35.5. The second kappa shape index (κ2) is 8.97. The highest BCUT2D eigenvalue weighted by Gasteiger charge is 2.16. The van der Waals surface area contributed by atoms with Crippen LogP contribution in [0.2, 0.25) is 5.02 Å². The molecular weight excluding hydrogens is 368 g/mol. The van der Waals surface area contributed by atoms with Crippen molar-refractivity contribution in [1.82, 2.24) is 0 Å². The third-order valence-corrected chi connectivity index (χ3v) is 4.18. The topological polar surface area (TPSA) is 80.6 Å². The average molecular weight is 387 g/mol. The molecule has 0 spiro atoms. The lowest BCUT2D eigenvalue weighted by atomic mass is 10.1. The summed E-state index contributed by atoms with van der Waals surface area (Å²) in [5.41, 5.74) is 1.64. The largest absolute Gasteiger partial charge is 0.496 e. The number of carbonyl (C=O) groups excluding carboxylic acids is 1. The van der Waals surface area contributed by atoms with E-state index in [0.717, 1.165) is 5.56 Å². The molecule has 0 aliphatic heterocycles. The second-order valence-corrected chi connectivity index (χ2v) is 5.91. The molecule has 0 atom stereocenters. The van der Waals surface area contributed by atoms with Crippen molar-refractivity contribution in [2.24, 2.45) is 0 Å². The molecule has 0 saturated carbocycles. The number of nitriles is 1. The van der Waals surface area contributed by atoms with Gasteiger partial charge in [0.05, 0.1) is 32.0 Å². The number of nitrogens with zero attached hydrogens (tertiary/aromatic N) is 1. The maximum absolute atomic E-state index is 12.6. The van der Waals surface area contributed by atoms with Gasteiger partial charge < -0.3 is 19.5 Å². The number of nitrogens with one attached hydrogen (secondary N) is 1. The van der Waals surface area contributed by atoms with Gasteiger partial charge in [0.2, 0.25) is 0 Å². The number of hydrogen-bond acceptors (Lipinski definition) is 5. The molecule has 0 saturated heterocycles. The van der Waals surface area contributed by atoms with E-state index in [1.165, 1.54) is 27.4 Å². The minimum absolute atomic E-state index is 0.111. The van der Waals surface area contributed by atoms with Crippen molar-refractivity contribution < 1.29 is 19.0 Å². The van der Waals surface area contributed by atoms with Gasteiger partial charge in [0.25, 0.3) is 5.91 Å². The molecule has 0 aliphatic rings. The third kappa shape index (κ3) is 4.52. The lowest BCUT2D eigenvalue weighted by Gasteiger charge is -2.13. The lowest BCUT2D eigenvalue weighted by molar-refractivity contribution is -0.112. The van der Waals surface area contributed by atoms with E-state index in [0.29, 0.717) is 33.5 Å². The quantitative estimate of drug-likeness (QED) is 0.593. The number of rotatable bonds is 6. The molecule has 7 heteroatoms. The van der Waals surface area contributed by atoms with Crippen LogP contribution in [0, 0.1) is 18.3 Å². The number of halogens is 1. The molecule has 0 bridgehead atoms. The molecule has 0 unspecified atom stereocenters. The van der Waals surface area contributed by atoms with Crippen molar-refractivity contribution in [1.29, 1.82) is 5.26 Å². The van der Waals surface area contributed by atoms with Gasteiger partial charge in [-0.05, 0) is 30.7 Å². The summed E-state index contributed by atoms with van der Waals surface area (Å²) in [7, 11) is 4.49. The van der Waals surface area contributed by atoms with Gasteiger partial charge in [-0.3, -0.25) is 4.79 Å². The number of ether oxygens (including phenoxy) is 3. The Labute approximate surface area is 162 Å². The van der Waals surface area contributed by atoms with E-state index in [-0.39, 0.29) is 5.57 Å². The number of amides is 1. The van der Waals surface area contributed by atoms with Crippen LogP contribution in [0.15, 0.2) is 35.9 Å². The van der Waals surface area contributed by atoms with Crippen molar-refractivity contribution >= 4 is 29.3 Å². The smallest absolute Gasteiger partial charge is 0.266 e. The summed E-state index contributed by atoms with van der Waals surface area (Å²) >= 11 is 6.13. The van der Waals surface area contributed by atoms with Gasteiger partial charge in [0.15, 0.2) is 11.5 Å². The Hall–Kier alpha value is -3.17. The molecule has 140 valence electrons. The average Bonchev–Trinajstić information content (AvgIpc) is 2.68. The number of hydrogen-bond donors (Lipinski definition) is 1. The Morgan fingerprint density at radius 2 is 1.74 bits per heavy atom. The highest BCUT2D eigenvalue weighted by Crippen LogP contribution is 2.36.